The van der Waals surface area contributed by atoms with Crippen LogP contribution in [0.15, 0.2) is 182 Å². The summed E-state index contributed by atoms with van der Waals surface area (Å²) in [5.41, 5.74) is 10.4. The third-order valence-electron chi connectivity index (χ3n) is 13.6. The van der Waals surface area contributed by atoms with E-state index in [4.69, 9.17) is 14.7 Å². The molecular weight excluding hydrogens is 1000 g/mol. The van der Waals surface area contributed by atoms with Crippen LogP contribution in [0.1, 0.15) is 26.3 Å². The number of pyridine rings is 2. The molecule has 0 radical (unpaired) electrons. The Morgan fingerprint density at radius 1 is 0.463 bits per heavy atom. The fraction of sp³-hybridized carbons (Fsp3) is 0.0667. The van der Waals surface area contributed by atoms with Crippen LogP contribution in [-0.2, 0) is 26.5 Å². The second kappa shape index (κ2) is 14.6. The van der Waals surface area contributed by atoms with Gasteiger partial charge in [-0.3, -0.25) is 4.98 Å². The molecule has 0 aliphatic rings. The van der Waals surface area contributed by atoms with Crippen LogP contribution in [0.5, 0.6) is 11.5 Å². The minimum atomic E-state index is -0.0364. The van der Waals surface area contributed by atoms with Crippen molar-refractivity contribution in [1.29, 1.82) is 0 Å². The van der Waals surface area contributed by atoms with Crippen molar-refractivity contribution in [1.82, 2.24) is 23.3 Å². The summed E-state index contributed by atoms with van der Waals surface area (Å²) in [5.74, 6) is 2.01. The molecule has 0 N–H and O–H groups in total. The quantitative estimate of drug-likeness (QED) is 0.131. The zero-order valence-electron chi connectivity index (χ0n) is 36.8. The van der Waals surface area contributed by atoms with Crippen molar-refractivity contribution in [2.24, 2.45) is 0 Å². The molecule has 0 amide bonds. The first-order chi connectivity index (χ1) is 32.4. The van der Waals surface area contributed by atoms with Crippen molar-refractivity contribution in [2.45, 2.75) is 26.2 Å². The molecule has 0 unspecified atom stereocenters. The Labute approximate surface area is 399 Å². The molecule has 14 rings (SSSR count). The molecule has 0 spiro atoms. The largest absolute Gasteiger partial charge is 2.00 e. The molecule has 6 heterocycles. The van der Waals surface area contributed by atoms with Crippen molar-refractivity contribution < 1.29 is 25.8 Å². The summed E-state index contributed by atoms with van der Waals surface area (Å²) in [5, 5.41) is 12.2. The summed E-state index contributed by atoms with van der Waals surface area (Å²) in [7, 11) is 0. The van der Waals surface area contributed by atoms with Crippen LogP contribution in [0.25, 0.3) is 115 Å². The average Bonchev–Trinajstić information content (AvgIpc) is 4.03. The predicted molar refractivity (Wildman–Crippen MR) is 273 cm³/mol. The number of aromatic nitrogens is 5. The number of ether oxygens (including phenoxy) is 1. The van der Waals surface area contributed by atoms with Gasteiger partial charge in [0.1, 0.15) is 5.82 Å². The first-order valence-electron chi connectivity index (χ1n) is 22.5. The maximum Gasteiger partial charge on any atom is 2.00 e. The average molecular weight is 1040 g/mol. The van der Waals surface area contributed by atoms with Gasteiger partial charge >= 0.3 is 21.1 Å². The van der Waals surface area contributed by atoms with Crippen LogP contribution >= 0.6 is 0 Å². The Bertz CT molecular complexity index is 4440. The molecule has 0 aliphatic carbocycles. The first-order valence-corrected chi connectivity index (χ1v) is 22.5. The second-order valence-electron chi connectivity index (χ2n) is 18.4. The third-order valence-corrected chi connectivity index (χ3v) is 13.6. The van der Waals surface area contributed by atoms with Crippen LogP contribution in [0, 0.1) is 12.1 Å². The summed E-state index contributed by atoms with van der Waals surface area (Å²) in [6, 6.07) is 70.1. The smallest absolute Gasteiger partial charge is 0.503 e. The van der Waals surface area contributed by atoms with Crippen molar-refractivity contribution in [2.75, 3.05) is 0 Å². The number of hydrogen-bond donors (Lipinski definition) is 0. The van der Waals surface area contributed by atoms with E-state index < -0.39 is 0 Å². The summed E-state index contributed by atoms with van der Waals surface area (Å²) in [6.45, 7) is 6.69. The minimum absolute atomic E-state index is 0. The minimum Gasteiger partial charge on any atom is -0.503 e. The monoisotopic (exact) mass is 1040 g/mol. The molecule has 14 aromatic rings. The molecule has 0 bridgehead atoms. The first kappa shape index (κ1) is 39.6. The summed E-state index contributed by atoms with van der Waals surface area (Å²) in [6.07, 6.45) is 1.90. The van der Waals surface area contributed by atoms with E-state index in [1.165, 1.54) is 27.2 Å². The maximum atomic E-state index is 6.81. The van der Waals surface area contributed by atoms with Crippen LogP contribution in [0.4, 0.5) is 0 Å². The van der Waals surface area contributed by atoms with Crippen molar-refractivity contribution in [3.05, 3.63) is 200 Å². The Morgan fingerprint density at radius 2 is 0.985 bits per heavy atom. The Kier molecular flexibility index (Phi) is 8.62. The summed E-state index contributed by atoms with van der Waals surface area (Å²) >= 11 is 0. The zero-order valence-corrected chi connectivity index (χ0v) is 39.1. The molecule has 67 heavy (non-hydrogen) atoms. The molecule has 6 nitrogen and oxygen atoms in total. The van der Waals surface area contributed by atoms with Gasteiger partial charge in [0.15, 0.2) is 0 Å². The van der Waals surface area contributed by atoms with Crippen LogP contribution in [0.2, 0.25) is 0 Å². The number of benzene rings is 8. The van der Waals surface area contributed by atoms with Gasteiger partial charge in [0.05, 0.1) is 33.2 Å². The normalized spacial score (nSPS) is 12.3. The Hall–Kier alpha value is -7.79. The molecule has 0 fully saturated rings. The molecule has 8 aromatic carbocycles. The van der Waals surface area contributed by atoms with Gasteiger partial charge in [0.2, 0.25) is 0 Å². The molecule has 6 aromatic heterocycles. The Balaban J connectivity index is 0.00000446. The van der Waals surface area contributed by atoms with E-state index in [2.05, 4.69) is 210 Å². The standard InChI is InChI=1S/C60H39N5O.Pt/c1-60(2,3)36-31-32-61-55(33-36)63-50-23-10-7-17-42(50)44-30-28-38(35-54(44)63)66-37-27-29-40-41-16-6-12-25-52(41)65-58-46-19-5-4-15-39(46)45-21-14-22-47-43-18-8-11-24-51(43)64(57(45)47)53-26-13-9-20-48(53)56(58)62-59(65)49(40)34-37;/h4-33H,1-3H3;/q-2;+2. The number of fused-ring (bicyclic) bond motifs is 20. The molecular formula is C60H39N5OPt. The van der Waals surface area contributed by atoms with E-state index in [0.717, 1.165) is 93.2 Å². The van der Waals surface area contributed by atoms with E-state index in [9.17, 15) is 0 Å². The second-order valence-corrected chi connectivity index (χ2v) is 18.4. The SMILES string of the molecule is CC(C)(C)c1ccnc(-n2c3[c-]c(Oc4[c-]c5c(cc4)c4ccccc4n4c5nc5c6ccccc6n6c7ccccc7c7cccc(c8ccccc8c54)c76)ccc3c3ccccc32)c1.[Pt+2]. The molecule has 320 valence electrons. The number of imidazole rings is 1. The number of hydrogen-bond acceptors (Lipinski definition) is 3. The fourth-order valence-electron chi connectivity index (χ4n) is 10.7. The van der Waals surface area contributed by atoms with Crippen LogP contribution < -0.4 is 4.74 Å². The Morgan fingerprint density at radius 3 is 1.70 bits per heavy atom. The van der Waals surface area contributed by atoms with Gasteiger partial charge in [0.25, 0.3) is 0 Å². The molecule has 7 heteroatoms. The van der Waals surface area contributed by atoms with Gasteiger partial charge in [-0.25, -0.2) is 4.98 Å². The van der Waals surface area contributed by atoms with Gasteiger partial charge in [-0.1, -0.05) is 158 Å². The van der Waals surface area contributed by atoms with Crippen LogP contribution in [0.3, 0.4) is 0 Å². The van der Waals surface area contributed by atoms with E-state index in [1.807, 2.05) is 18.3 Å². The number of nitrogens with zero attached hydrogens (tertiary/aromatic N) is 5. The van der Waals surface area contributed by atoms with E-state index >= 15 is 0 Å². The maximum absolute atomic E-state index is 6.81. The van der Waals surface area contributed by atoms with Gasteiger partial charge in [0, 0.05) is 55.7 Å². The van der Waals surface area contributed by atoms with Crippen molar-refractivity contribution in [3.8, 4) is 17.3 Å². The number of rotatable bonds is 3. The zero-order chi connectivity index (χ0) is 43.8. The van der Waals surface area contributed by atoms with Gasteiger partial charge in [-0.15, -0.1) is 29.7 Å². The van der Waals surface area contributed by atoms with E-state index in [0.29, 0.717) is 11.5 Å². The predicted octanol–water partition coefficient (Wildman–Crippen LogP) is 15.4. The molecule has 0 atom stereocenters. The molecule has 0 aliphatic heterocycles. The summed E-state index contributed by atoms with van der Waals surface area (Å²) < 4.78 is 13.8. The van der Waals surface area contributed by atoms with Gasteiger partial charge in [-0.05, 0) is 63.5 Å². The van der Waals surface area contributed by atoms with E-state index in [1.54, 1.807) is 0 Å². The summed E-state index contributed by atoms with van der Waals surface area (Å²) in [4.78, 5) is 10.6. The van der Waals surface area contributed by atoms with E-state index in [-0.39, 0.29) is 26.5 Å². The third kappa shape index (κ3) is 5.73. The van der Waals surface area contributed by atoms with Gasteiger partial charge in [-0.2, -0.15) is 6.07 Å². The van der Waals surface area contributed by atoms with Crippen molar-refractivity contribution >= 4 is 109 Å². The topological polar surface area (TPSA) is 48.8 Å². The molecule has 0 saturated carbocycles. The molecule has 0 saturated heterocycles. The fourth-order valence-corrected chi connectivity index (χ4v) is 10.7. The van der Waals surface area contributed by atoms with Crippen LogP contribution in [-0.4, -0.2) is 23.3 Å². The van der Waals surface area contributed by atoms with Gasteiger partial charge < -0.3 is 18.1 Å². The number of para-hydroxylation sites is 5. The van der Waals surface area contributed by atoms with Crippen molar-refractivity contribution in [3.63, 3.8) is 0 Å².